The lowest BCUT2D eigenvalue weighted by atomic mass is 10.0. The number of nitrogens with zero attached hydrogens (tertiary/aromatic N) is 7. The molecule has 0 radical (unpaired) electrons. The molecule has 32 heavy (non-hydrogen) atoms. The fraction of sp³-hybridized carbons (Fsp3) is 0.400. The number of pyridine rings is 1. The Morgan fingerprint density at radius 2 is 2.09 bits per heavy atom. The van der Waals surface area contributed by atoms with Crippen molar-refractivity contribution in [3.63, 3.8) is 0 Å². The SMILES string of the molecule is CN=Nc1ccc(-c2ccn3nc(NC4CCN(C(C)=O)CC4(F)F)nc(N)c23)nc1C. The number of nitrogens with two attached hydrogens (primary N) is 1. The van der Waals surface area contributed by atoms with Crippen molar-refractivity contribution in [2.75, 3.05) is 31.2 Å². The maximum atomic E-state index is 14.6. The molecule has 0 aliphatic carbocycles. The van der Waals surface area contributed by atoms with Crippen molar-refractivity contribution < 1.29 is 13.6 Å². The highest BCUT2D eigenvalue weighted by atomic mass is 19.3. The molecular weight excluding hydrogens is 420 g/mol. The smallest absolute Gasteiger partial charge is 0.285 e. The molecule has 1 amide bonds. The first-order valence-electron chi connectivity index (χ1n) is 10.0. The van der Waals surface area contributed by atoms with Crippen LogP contribution in [0.15, 0.2) is 34.6 Å². The average molecular weight is 443 g/mol. The van der Waals surface area contributed by atoms with E-state index in [-0.39, 0.29) is 30.6 Å². The molecule has 3 aromatic heterocycles. The molecule has 3 aromatic rings. The highest BCUT2D eigenvalue weighted by Gasteiger charge is 2.45. The summed E-state index contributed by atoms with van der Waals surface area (Å²) in [4.78, 5) is 21.3. The first-order valence-corrected chi connectivity index (χ1v) is 10.0. The standard InChI is InChI=1S/C20H23F2N9O/c1-11-14(28-24-3)4-5-15(25-11)13-6-9-31-17(13)18(23)27-19(29-31)26-16-7-8-30(12(2)32)10-20(16,21)22/h4-6,9,16H,7-8,10H2,1-3H3,(H3,23,26,27,29). The van der Waals surface area contributed by atoms with Crippen molar-refractivity contribution in [3.8, 4) is 11.3 Å². The van der Waals surface area contributed by atoms with E-state index < -0.39 is 18.5 Å². The molecule has 3 N–H and O–H groups in total. The first kappa shape index (κ1) is 21.5. The van der Waals surface area contributed by atoms with Gasteiger partial charge in [-0.05, 0) is 31.5 Å². The lowest BCUT2D eigenvalue weighted by Gasteiger charge is -2.38. The number of fused-ring (bicyclic) bond motifs is 1. The first-order chi connectivity index (χ1) is 15.2. The van der Waals surface area contributed by atoms with Crippen LogP contribution in [0.1, 0.15) is 19.0 Å². The lowest BCUT2D eigenvalue weighted by molar-refractivity contribution is -0.140. The number of anilines is 2. The summed E-state index contributed by atoms with van der Waals surface area (Å²) < 4.78 is 30.6. The summed E-state index contributed by atoms with van der Waals surface area (Å²) >= 11 is 0. The molecule has 4 heterocycles. The summed E-state index contributed by atoms with van der Waals surface area (Å²) in [5.74, 6) is -3.39. The summed E-state index contributed by atoms with van der Waals surface area (Å²) in [5.41, 5.74) is 9.41. The van der Waals surface area contributed by atoms with Gasteiger partial charge in [-0.2, -0.15) is 15.2 Å². The van der Waals surface area contributed by atoms with E-state index in [1.54, 1.807) is 31.4 Å². The maximum Gasteiger partial charge on any atom is 0.285 e. The third-order valence-electron chi connectivity index (χ3n) is 5.43. The molecule has 1 fully saturated rings. The normalized spacial score (nSPS) is 18.4. The van der Waals surface area contributed by atoms with Gasteiger partial charge in [-0.15, -0.1) is 5.10 Å². The quantitative estimate of drug-likeness (QED) is 0.597. The summed E-state index contributed by atoms with van der Waals surface area (Å²) in [5, 5.41) is 14.8. The zero-order valence-corrected chi connectivity index (χ0v) is 17.9. The van der Waals surface area contributed by atoms with Crippen molar-refractivity contribution in [3.05, 3.63) is 30.1 Å². The van der Waals surface area contributed by atoms with Crippen molar-refractivity contribution >= 4 is 28.9 Å². The third kappa shape index (κ3) is 3.95. The van der Waals surface area contributed by atoms with Crippen LogP contribution in [0.25, 0.3) is 16.8 Å². The number of halogens is 2. The zero-order chi connectivity index (χ0) is 23.0. The number of hydrogen-bond donors (Lipinski definition) is 2. The lowest BCUT2D eigenvalue weighted by Crippen LogP contribution is -2.55. The van der Waals surface area contributed by atoms with Crippen LogP contribution in [0.4, 0.5) is 26.2 Å². The second-order valence-corrected chi connectivity index (χ2v) is 7.63. The number of piperidine rings is 1. The van der Waals surface area contributed by atoms with Crippen LogP contribution >= 0.6 is 0 Å². The third-order valence-corrected chi connectivity index (χ3v) is 5.43. The van der Waals surface area contributed by atoms with Gasteiger partial charge < -0.3 is 16.0 Å². The molecule has 0 spiro atoms. The van der Waals surface area contributed by atoms with Gasteiger partial charge in [0.2, 0.25) is 11.9 Å². The van der Waals surface area contributed by atoms with E-state index in [9.17, 15) is 13.6 Å². The van der Waals surface area contributed by atoms with Crippen molar-refractivity contribution in [1.29, 1.82) is 0 Å². The largest absolute Gasteiger partial charge is 0.382 e. The Labute approximate surface area is 182 Å². The molecule has 1 aliphatic rings. The van der Waals surface area contributed by atoms with Gasteiger partial charge in [0, 0.05) is 32.3 Å². The second-order valence-electron chi connectivity index (χ2n) is 7.63. The van der Waals surface area contributed by atoms with Crippen molar-refractivity contribution in [2.24, 2.45) is 10.2 Å². The Kier molecular flexibility index (Phi) is 5.45. The molecule has 10 nitrogen and oxygen atoms in total. The topological polar surface area (TPSA) is 126 Å². The molecule has 0 bridgehead atoms. The predicted octanol–water partition coefficient (Wildman–Crippen LogP) is 3.06. The minimum Gasteiger partial charge on any atom is -0.382 e. The number of aromatic nitrogens is 4. The van der Waals surface area contributed by atoms with E-state index >= 15 is 0 Å². The van der Waals surface area contributed by atoms with Gasteiger partial charge in [0.1, 0.15) is 11.2 Å². The second kappa shape index (κ2) is 8.09. The van der Waals surface area contributed by atoms with E-state index in [4.69, 9.17) is 5.73 Å². The molecule has 1 aliphatic heterocycles. The number of carbonyl (C=O) groups is 1. The molecular formula is C20H23F2N9O. The fourth-order valence-electron chi connectivity index (χ4n) is 3.78. The summed E-state index contributed by atoms with van der Waals surface area (Å²) in [7, 11) is 1.58. The molecule has 4 rings (SSSR count). The van der Waals surface area contributed by atoms with E-state index in [0.717, 1.165) is 4.90 Å². The van der Waals surface area contributed by atoms with Gasteiger partial charge >= 0.3 is 0 Å². The minimum atomic E-state index is -3.13. The summed E-state index contributed by atoms with van der Waals surface area (Å²) in [6, 6.07) is 4.17. The van der Waals surface area contributed by atoms with Gasteiger partial charge in [0.15, 0.2) is 5.82 Å². The molecule has 0 aromatic carbocycles. The number of nitrogen functional groups attached to an aromatic ring is 1. The molecule has 1 unspecified atom stereocenters. The molecule has 1 saturated heterocycles. The fourth-order valence-corrected chi connectivity index (χ4v) is 3.78. The van der Waals surface area contributed by atoms with Gasteiger partial charge in [0.05, 0.1) is 24.0 Å². The van der Waals surface area contributed by atoms with Crippen LogP contribution in [0.5, 0.6) is 0 Å². The van der Waals surface area contributed by atoms with Gasteiger partial charge in [0.25, 0.3) is 5.92 Å². The Hall–Kier alpha value is -3.70. The van der Waals surface area contributed by atoms with Gasteiger partial charge in [-0.1, -0.05) is 0 Å². The monoisotopic (exact) mass is 443 g/mol. The van der Waals surface area contributed by atoms with Crippen LogP contribution in [-0.4, -0.2) is 62.5 Å². The van der Waals surface area contributed by atoms with E-state index in [0.29, 0.717) is 28.2 Å². The van der Waals surface area contributed by atoms with Crippen LogP contribution in [0.3, 0.4) is 0 Å². The summed E-state index contributed by atoms with van der Waals surface area (Å²) in [6.07, 6.45) is 1.73. The Morgan fingerprint density at radius 1 is 1.31 bits per heavy atom. The van der Waals surface area contributed by atoms with Crippen LogP contribution in [-0.2, 0) is 4.79 Å². The van der Waals surface area contributed by atoms with Crippen LogP contribution < -0.4 is 11.1 Å². The zero-order valence-electron chi connectivity index (χ0n) is 17.9. The van der Waals surface area contributed by atoms with Crippen LogP contribution in [0.2, 0.25) is 0 Å². The number of hydrogen-bond acceptors (Lipinski definition) is 8. The number of likely N-dealkylation sites (tertiary alicyclic amines) is 1. The van der Waals surface area contributed by atoms with Crippen molar-refractivity contribution in [2.45, 2.75) is 32.2 Å². The number of azo groups is 1. The van der Waals surface area contributed by atoms with Crippen LogP contribution in [0, 0.1) is 6.92 Å². The minimum absolute atomic E-state index is 0.0130. The highest BCUT2D eigenvalue weighted by molar-refractivity contribution is 5.86. The van der Waals surface area contributed by atoms with E-state index in [1.807, 2.05) is 6.92 Å². The number of amides is 1. The maximum absolute atomic E-state index is 14.6. The number of aryl methyl sites for hydroxylation is 1. The number of carbonyl (C=O) groups excluding carboxylic acids is 1. The molecule has 12 heteroatoms. The average Bonchev–Trinajstić information content (AvgIpc) is 3.15. The Morgan fingerprint density at radius 3 is 2.75 bits per heavy atom. The number of alkyl halides is 2. The number of nitrogens with one attached hydrogen (secondary N) is 1. The van der Waals surface area contributed by atoms with E-state index in [1.165, 1.54) is 11.4 Å². The van der Waals surface area contributed by atoms with Gasteiger partial charge in [-0.3, -0.25) is 9.78 Å². The van der Waals surface area contributed by atoms with E-state index in [2.05, 4.69) is 30.6 Å². The molecule has 0 saturated carbocycles. The highest BCUT2D eigenvalue weighted by Crippen LogP contribution is 2.32. The Bertz CT molecular complexity index is 1210. The molecule has 1 atom stereocenters. The molecule has 168 valence electrons. The predicted molar refractivity (Wildman–Crippen MR) is 115 cm³/mol. The van der Waals surface area contributed by atoms with Gasteiger partial charge in [-0.25, -0.2) is 13.3 Å². The van der Waals surface area contributed by atoms with Crippen molar-refractivity contribution in [1.82, 2.24) is 24.5 Å². The Balaban J connectivity index is 1.62. The number of rotatable bonds is 4. The summed E-state index contributed by atoms with van der Waals surface area (Å²) in [6.45, 7) is 2.69.